The third kappa shape index (κ3) is 4.94. The van der Waals surface area contributed by atoms with Gasteiger partial charge < -0.3 is 4.90 Å². The lowest BCUT2D eigenvalue weighted by molar-refractivity contribution is 0.660. The van der Waals surface area contributed by atoms with Crippen LogP contribution in [-0.4, -0.2) is 0 Å². The van der Waals surface area contributed by atoms with Crippen molar-refractivity contribution in [3.05, 3.63) is 199 Å². The Bertz CT molecular complexity index is 2480. The van der Waals surface area contributed by atoms with E-state index in [2.05, 4.69) is 207 Å². The zero-order valence-corrected chi connectivity index (χ0v) is 28.3. The summed E-state index contributed by atoms with van der Waals surface area (Å²) in [5, 5.41) is 2.42. The molecule has 1 nitrogen and oxygen atoms in total. The van der Waals surface area contributed by atoms with Crippen LogP contribution in [0.2, 0.25) is 0 Å². The lowest BCUT2D eigenvalue weighted by atomic mass is 9.82. The second-order valence-corrected chi connectivity index (χ2v) is 13.7. The number of nitrogens with zero attached hydrogens (tertiary/aromatic N) is 1. The molecule has 0 heterocycles. The van der Waals surface area contributed by atoms with E-state index in [0.29, 0.717) is 0 Å². The summed E-state index contributed by atoms with van der Waals surface area (Å²) in [6.45, 7) is 4.72. The summed E-state index contributed by atoms with van der Waals surface area (Å²) in [7, 11) is 0. The molecule has 0 amide bonds. The van der Waals surface area contributed by atoms with Gasteiger partial charge in [0.1, 0.15) is 0 Å². The van der Waals surface area contributed by atoms with Crippen molar-refractivity contribution in [3.8, 4) is 44.5 Å². The van der Waals surface area contributed by atoms with Gasteiger partial charge in [-0.05, 0) is 85.8 Å². The first-order valence-corrected chi connectivity index (χ1v) is 17.4. The standard InChI is InChI=1S/C49H37N/c1-49(2)45-25-15-14-24-42(45)43-31-30-40(33-46(43)49)50(39-28-26-35(27-29-39)34-16-6-3-7-17-34)48-41-23-13-12-22-38(41)32-44(36-18-8-4-9-19-36)47(48)37-20-10-5-11-21-37/h3-33H,1-2H3. The smallest absolute Gasteiger partial charge is 0.0624 e. The highest BCUT2D eigenvalue weighted by molar-refractivity contribution is 6.11. The number of anilines is 3. The maximum absolute atomic E-state index is 2.51. The fraction of sp³-hybridized carbons (Fsp3) is 0.0612. The van der Waals surface area contributed by atoms with Gasteiger partial charge in [-0.3, -0.25) is 0 Å². The van der Waals surface area contributed by atoms with Gasteiger partial charge in [0.2, 0.25) is 0 Å². The van der Waals surface area contributed by atoms with E-state index in [9.17, 15) is 0 Å². The minimum absolute atomic E-state index is 0.124. The van der Waals surface area contributed by atoms with Crippen molar-refractivity contribution >= 4 is 27.8 Å². The summed E-state index contributed by atoms with van der Waals surface area (Å²) in [5.74, 6) is 0. The highest BCUT2D eigenvalue weighted by Crippen LogP contribution is 2.53. The average Bonchev–Trinajstić information content (AvgIpc) is 3.41. The van der Waals surface area contributed by atoms with Crippen LogP contribution in [0, 0.1) is 0 Å². The van der Waals surface area contributed by atoms with Gasteiger partial charge in [0.05, 0.1) is 5.69 Å². The molecule has 1 heteroatoms. The molecular weight excluding hydrogens is 603 g/mol. The maximum atomic E-state index is 2.51. The van der Waals surface area contributed by atoms with Gasteiger partial charge >= 0.3 is 0 Å². The predicted molar refractivity (Wildman–Crippen MR) is 213 cm³/mol. The molecule has 8 aromatic rings. The molecule has 9 rings (SSSR count). The van der Waals surface area contributed by atoms with Crippen LogP contribution in [0.5, 0.6) is 0 Å². The lowest BCUT2D eigenvalue weighted by Gasteiger charge is -2.32. The highest BCUT2D eigenvalue weighted by atomic mass is 15.1. The molecule has 0 radical (unpaired) electrons. The first-order valence-electron chi connectivity index (χ1n) is 17.4. The van der Waals surface area contributed by atoms with Crippen LogP contribution in [-0.2, 0) is 5.41 Å². The van der Waals surface area contributed by atoms with Crippen molar-refractivity contribution in [2.45, 2.75) is 19.3 Å². The minimum Gasteiger partial charge on any atom is -0.309 e. The SMILES string of the molecule is CC1(C)c2ccccc2-c2ccc(N(c3ccc(-c4ccccc4)cc3)c3c(-c4ccccc4)c(-c4ccccc4)cc4ccccc34)cc21. The van der Waals surface area contributed by atoms with Crippen molar-refractivity contribution in [3.63, 3.8) is 0 Å². The Balaban J connectivity index is 1.37. The predicted octanol–water partition coefficient (Wildman–Crippen LogP) is 13.6. The lowest BCUT2D eigenvalue weighted by Crippen LogP contribution is -2.17. The van der Waals surface area contributed by atoms with Gasteiger partial charge in [-0.25, -0.2) is 0 Å². The molecule has 0 saturated heterocycles. The molecule has 0 unspecified atom stereocenters. The minimum atomic E-state index is -0.124. The van der Waals surface area contributed by atoms with Crippen molar-refractivity contribution in [1.82, 2.24) is 0 Å². The van der Waals surface area contributed by atoms with Crippen molar-refractivity contribution in [2.75, 3.05) is 4.90 Å². The van der Waals surface area contributed by atoms with E-state index in [1.807, 2.05) is 0 Å². The van der Waals surface area contributed by atoms with Crippen molar-refractivity contribution in [2.24, 2.45) is 0 Å². The van der Waals surface area contributed by atoms with Gasteiger partial charge in [0.25, 0.3) is 0 Å². The first-order chi connectivity index (χ1) is 24.6. The Morgan fingerprint density at radius 3 is 1.64 bits per heavy atom. The Morgan fingerprint density at radius 1 is 0.380 bits per heavy atom. The summed E-state index contributed by atoms with van der Waals surface area (Å²) < 4.78 is 0. The number of rotatable bonds is 6. The molecule has 8 aromatic carbocycles. The molecule has 0 N–H and O–H groups in total. The van der Waals surface area contributed by atoms with E-state index in [4.69, 9.17) is 0 Å². The normalized spacial score (nSPS) is 12.8. The number of hydrogen-bond acceptors (Lipinski definition) is 1. The second-order valence-electron chi connectivity index (χ2n) is 13.7. The molecule has 0 bridgehead atoms. The number of fused-ring (bicyclic) bond motifs is 4. The molecule has 0 fully saturated rings. The molecule has 0 aliphatic heterocycles. The topological polar surface area (TPSA) is 3.24 Å². The molecule has 0 spiro atoms. The van der Waals surface area contributed by atoms with Crippen LogP contribution in [0.4, 0.5) is 17.1 Å². The van der Waals surface area contributed by atoms with Gasteiger partial charge in [-0.1, -0.05) is 172 Å². The Hall–Kier alpha value is -6.18. The van der Waals surface area contributed by atoms with Gasteiger partial charge in [-0.15, -0.1) is 0 Å². The fourth-order valence-electron chi connectivity index (χ4n) is 7.98. The van der Waals surface area contributed by atoms with E-state index in [-0.39, 0.29) is 5.41 Å². The van der Waals surface area contributed by atoms with E-state index in [1.165, 1.54) is 72.1 Å². The molecule has 1 aliphatic rings. The monoisotopic (exact) mass is 639 g/mol. The third-order valence-electron chi connectivity index (χ3n) is 10.5. The van der Waals surface area contributed by atoms with Crippen LogP contribution in [0.1, 0.15) is 25.0 Å². The van der Waals surface area contributed by atoms with E-state index >= 15 is 0 Å². The van der Waals surface area contributed by atoms with Crippen LogP contribution in [0.3, 0.4) is 0 Å². The zero-order chi connectivity index (χ0) is 33.7. The summed E-state index contributed by atoms with van der Waals surface area (Å²) in [6, 6.07) is 68.7. The van der Waals surface area contributed by atoms with E-state index < -0.39 is 0 Å². The Kier molecular flexibility index (Phi) is 7.21. The van der Waals surface area contributed by atoms with Crippen LogP contribution in [0.15, 0.2) is 188 Å². The highest BCUT2D eigenvalue weighted by Gasteiger charge is 2.36. The van der Waals surface area contributed by atoms with Crippen LogP contribution < -0.4 is 4.90 Å². The van der Waals surface area contributed by atoms with E-state index in [1.54, 1.807) is 0 Å². The molecular formula is C49H37N. The maximum Gasteiger partial charge on any atom is 0.0624 e. The average molecular weight is 640 g/mol. The largest absolute Gasteiger partial charge is 0.309 e. The second kappa shape index (κ2) is 12.1. The number of benzene rings is 8. The molecule has 0 atom stereocenters. The van der Waals surface area contributed by atoms with Gasteiger partial charge in [0, 0.05) is 27.7 Å². The van der Waals surface area contributed by atoms with Gasteiger partial charge in [-0.2, -0.15) is 0 Å². The Labute approximate surface area is 294 Å². The van der Waals surface area contributed by atoms with E-state index in [0.717, 1.165) is 11.4 Å². The first kappa shape index (κ1) is 29.9. The van der Waals surface area contributed by atoms with Crippen molar-refractivity contribution < 1.29 is 0 Å². The zero-order valence-electron chi connectivity index (χ0n) is 28.3. The molecule has 1 aliphatic carbocycles. The van der Waals surface area contributed by atoms with Crippen LogP contribution in [0.25, 0.3) is 55.3 Å². The molecule has 0 saturated carbocycles. The van der Waals surface area contributed by atoms with Crippen molar-refractivity contribution in [1.29, 1.82) is 0 Å². The quantitative estimate of drug-likeness (QED) is 0.175. The third-order valence-corrected chi connectivity index (χ3v) is 10.5. The molecule has 238 valence electrons. The number of hydrogen-bond donors (Lipinski definition) is 0. The Morgan fingerprint density at radius 2 is 0.920 bits per heavy atom. The summed E-state index contributed by atoms with van der Waals surface area (Å²) in [5.41, 5.74) is 15.9. The summed E-state index contributed by atoms with van der Waals surface area (Å²) >= 11 is 0. The van der Waals surface area contributed by atoms with Crippen LogP contribution >= 0.6 is 0 Å². The fourth-order valence-corrected chi connectivity index (χ4v) is 7.98. The summed E-state index contributed by atoms with van der Waals surface area (Å²) in [6.07, 6.45) is 0. The summed E-state index contributed by atoms with van der Waals surface area (Å²) in [4.78, 5) is 2.51. The van der Waals surface area contributed by atoms with Gasteiger partial charge in [0.15, 0.2) is 0 Å². The molecule has 50 heavy (non-hydrogen) atoms. The molecule has 0 aromatic heterocycles.